The molecule has 0 saturated carbocycles. The lowest BCUT2D eigenvalue weighted by Crippen LogP contribution is -2.32. The molecule has 0 bridgehead atoms. The molecule has 0 aliphatic heterocycles. The Kier molecular flexibility index (Phi) is 5.23. The van der Waals surface area contributed by atoms with Gasteiger partial charge in [-0.15, -0.1) is 10.2 Å². The van der Waals surface area contributed by atoms with Gasteiger partial charge < -0.3 is 5.32 Å². The van der Waals surface area contributed by atoms with Gasteiger partial charge in [0, 0.05) is 19.0 Å². The maximum atomic E-state index is 12.9. The van der Waals surface area contributed by atoms with Crippen LogP contribution in [0.25, 0.3) is 16.7 Å². The number of nitrogens with one attached hydrogen (secondary N) is 1. The van der Waals surface area contributed by atoms with E-state index in [2.05, 4.69) is 21.6 Å². The molecule has 3 rings (SSSR count). The molecule has 0 radical (unpaired) electrons. The molecule has 0 fully saturated rings. The van der Waals surface area contributed by atoms with Gasteiger partial charge >= 0.3 is 0 Å². The van der Waals surface area contributed by atoms with E-state index in [0.29, 0.717) is 21.8 Å². The van der Waals surface area contributed by atoms with E-state index in [-0.39, 0.29) is 36.2 Å². The van der Waals surface area contributed by atoms with Gasteiger partial charge in [0.1, 0.15) is 0 Å². The molecule has 1 aromatic carbocycles. The summed E-state index contributed by atoms with van der Waals surface area (Å²) < 4.78 is 3.23. The van der Waals surface area contributed by atoms with Crippen LogP contribution in [-0.4, -0.2) is 36.9 Å². The normalized spacial score (nSPS) is 11.2. The number of aryl methyl sites for hydroxylation is 1. The monoisotopic (exact) mass is 370 g/mol. The van der Waals surface area contributed by atoms with E-state index >= 15 is 0 Å². The van der Waals surface area contributed by atoms with Crippen molar-refractivity contribution in [1.29, 1.82) is 5.26 Å². The summed E-state index contributed by atoms with van der Waals surface area (Å²) in [7, 11) is 0. The molecule has 3 aromatic rings. The number of thioether (sulfide) groups is 1. The second kappa shape index (κ2) is 7.58. The second-order valence-electron chi connectivity index (χ2n) is 6.01. The predicted octanol–water partition coefficient (Wildman–Crippen LogP) is 1.57. The van der Waals surface area contributed by atoms with Gasteiger partial charge in [0.15, 0.2) is 5.16 Å². The molecule has 0 atom stereocenters. The van der Waals surface area contributed by atoms with E-state index in [4.69, 9.17) is 5.26 Å². The van der Waals surface area contributed by atoms with Crippen molar-refractivity contribution in [3.05, 3.63) is 34.6 Å². The summed E-state index contributed by atoms with van der Waals surface area (Å²) in [5, 5.41) is 21.0. The van der Waals surface area contributed by atoms with Crippen molar-refractivity contribution in [1.82, 2.24) is 24.5 Å². The van der Waals surface area contributed by atoms with Gasteiger partial charge in [-0.05, 0) is 26.0 Å². The maximum Gasteiger partial charge on any atom is 0.262 e. The summed E-state index contributed by atoms with van der Waals surface area (Å²) in [6.07, 6.45) is 0.166. The third kappa shape index (κ3) is 3.41. The Morgan fingerprint density at radius 2 is 2.12 bits per heavy atom. The molecule has 0 saturated heterocycles. The molecule has 134 valence electrons. The van der Waals surface area contributed by atoms with E-state index < -0.39 is 0 Å². The Morgan fingerprint density at radius 3 is 2.85 bits per heavy atom. The number of nitrogens with zero attached hydrogens (tertiary/aromatic N) is 5. The van der Waals surface area contributed by atoms with Crippen molar-refractivity contribution in [2.24, 2.45) is 0 Å². The average Bonchev–Trinajstić information content (AvgIpc) is 3.03. The lowest BCUT2D eigenvalue weighted by atomic mass is 10.2. The van der Waals surface area contributed by atoms with Crippen LogP contribution in [0.5, 0.6) is 0 Å². The Labute approximate surface area is 153 Å². The van der Waals surface area contributed by atoms with Gasteiger partial charge in [0.05, 0.1) is 22.7 Å². The summed E-state index contributed by atoms with van der Waals surface area (Å²) in [5.41, 5.74) is 0.468. The van der Waals surface area contributed by atoms with Crippen molar-refractivity contribution < 1.29 is 4.79 Å². The topological polar surface area (TPSA) is 105 Å². The molecule has 0 aliphatic carbocycles. The number of fused-ring (bicyclic) bond motifs is 3. The quantitative estimate of drug-likeness (QED) is 0.661. The van der Waals surface area contributed by atoms with E-state index in [9.17, 15) is 9.59 Å². The van der Waals surface area contributed by atoms with Crippen LogP contribution < -0.4 is 10.9 Å². The maximum absolute atomic E-state index is 12.9. The van der Waals surface area contributed by atoms with Crippen molar-refractivity contribution in [2.75, 3.05) is 5.75 Å². The van der Waals surface area contributed by atoms with Crippen molar-refractivity contribution in [2.45, 2.75) is 38.0 Å². The first kappa shape index (κ1) is 17.9. The zero-order valence-electron chi connectivity index (χ0n) is 14.5. The first-order valence-corrected chi connectivity index (χ1v) is 9.17. The summed E-state index contributed by atoms with van der Waals surface area (Å²) in [5.74, 6) is 0.466. The second-order valence-corrected chi connectivity index (χ2v) is 6.95. The number of carbonyl (C=O) groups is 1. The van der Waals surface area contributed by atoms with E-state index in [1.165, 1.54) is 16.3 Å². The summed E-state index contributed by atoms with van der Waals surface area (Å²) >= 11 is 1.25. The van der Waals surface area contributed by atoms with Gasteiger partial charge in [-0.2, -0.15) is 5.26 Å². The Morgan fingerprint density at radius 1 is 1.35 bits per heavy atom. The number of rotatable bonds is 6. The lowest BCUT2D eigenvalue weighted by Gasteiger charge is -2.12. The van der Waals surface area contributed by atoms with E-state index in [0.717, 1.165) is 0 Å². The third-order valence-electron chi connectivity index (χ3n) is 3.76. The smallest absolute Gasteiger partial charge is 0.262 e. The zero-order valence-corrected chi connectivity index (χ0v) is 15.3. The summed E-state index contributed by atoms with van der Waals surface area (Å²) in [6.45, 7) is 3.97. The van der Waals surface area contributed by atoms with E-state index in [1.54, 1.807) is 16.5 Å². The van der Waals surface area contributed by atoms with Crippen LogP contribution in [0, 0.1) is 11.3 Å². The van der Waals surface area contributed by atoms with Crippen LogP contribution >= 0.6 is 11.8 Å². The summed E-state index contributed by atoms with van der Waals surface area (Å²) in [6, 6.07) is 9.28. The molecular weight excluding hydrogens is 352 g/mol. The Balaban J connectivity index is 2.11. The highest BCUT2D eigenvalue weighted by Gasteiger charge is 2.17. The number of hydrogen-bond donors (Lipinski definition) is 1. The van der Waals surface area contributed by atoms with Gasteiger partial charge in [0.25, 0.3) is 5.56 Å². The molecule has 2 heterocycles. The Bertz CT molecular complexity index is 1060. The largest absolute Gasteiger partial charge is 0.354 e. The zero-order chi connectivity index (χ0) is 18.7. The number of hydrogen-bond acceptors (Lipinski definition) is 6. The highest BCUT2D eigenvalue weighted by Crippen LogP contribution is 2.21. The molecule has 8 nitrogen and oxygen atoms in total. The highest BCUT2D eigenvalue weighted by atomic mass is 32.2. The third-order valence-corrected chi connectivity index (χ3v) is 4.55. The molecule has 0 aliphatic rings. The number of para-hydroxylation sites is 1. The minimum atomic E-state index is -0.213. The van der Waals surface area contributed by atoms with Crippen LogP contribution in [0.3, 0.4) is 0 Å². The molecule has 0 unspecified atom stereocenters. The van der Waals surface area contributed by atoms with Gasteiger partial charge in [-0.25, -0.2) is 0 Å². The first-order chi connectivity index (χ1) is 12.5. The van der Waals surface area contributed by atoms with Crippen molar-refractivity contribution in [3.8, 4) is 6.07 Å². The minimum Gasteiger partial charge on any atom is -0.354 e. The van der Waals surface area contributed by atoms with Gasteiger partial charge in [0.2, 0.25) is 11.7 Å². The van der Waals surface area contributed by atoms with Crippen molar-refractivity contribution in [3.63, 3.8) is 0 Å². The summed E-state index contributed by atoms with van der Waals surface area (Å²) in [4.78, 5) is 24.9. The number of carbonyl (C=O) groups excluding carboxylic acids is 1. The predicted molar refractivity (Wildman–Crippen MR) is 99.0 cm³/mol. The standard InChI is InChI=1S/C17H18N6O2S/c1-11(2)19-14(24)7-9-22-15(25)12-5-3-4-6-13(12)23-16(22)20-21-17(23)26-10-8-18/h3-6,11H,7,9-10H2,1-2H3,(H,19,24). The highest BCUT2D eigenvalue weighted by molar-refractivity contribution is 7.99. The molecule has 9 heteroatoms. The van der Waals surface area contributed by atoms with Crippen LogP contribution in [0.15, 0.2) is 34.2 Å². The molecule has 0 spiro atoms. The molecular formula is C17H18N6O2S. The Hall–Kier alpha value is -2.86. The minimum absolute atomic E-state index is 0.0397. The number of nitriles is 1. The number of benzene rings is 1. The SMILES string of the molecule is CC(C)NC(=O)CCn1c(=O)c2ccccc2n2c(SCC#N)nnc12. The van der Waals surface area contributed by atoms with Crippen LogP contribution in [0.4, 0.5) is 0 Å². The number of amides is 1. The fourth-order valence-corrected chi connectivity index (χ4v) is 3.33. The number of aromatic nitrogens is 4. The molecule has 1 N–H and O–H groups in total. The van der Waals surface area contributed by atoms with Gasteiger partial charge in [-0.3, -0.25) is 18.6 Å². The van der Waals surface area contributed by atoms with Crippen LogP contribution in [0.1, 0.15) is 20.3 Å². The van der Waals surface area contributed by atoms with Crippen molar-refractivity contribution >= 4 is 34.3 Å². The lowest BCUT2D eigenvalue weighted by molar-refractivity contribution is -0.121. The van der Waals surface area contributed by atoms with Crippen LogP contribution in [-0.2, 0) is 11.3 Å². The fraction of sp³-hybridized carbons (Fsp3) is 0.353. The average molecular weight is 370 g/mol. The van der Waals surface area contributed by atoms with E-state index in [1.807, 2.05) is 26.0 Å². The van der Waals surface area contributed by atoms with Crippen LogP contribution in [0.2, 0.25) is 0 Å². The van der Waals surface area contributed by atoms with Gasteiger partial charge in [-0.1, -0.05) is 23.9 Å². The first-order valence-electron chi connectivity index (χ1n) is 8.18. The molecule has 1 amide bonds. The molecule has 2 aromatic heterocycles. The molecule has 26 heavy (non-hydrogen) atoms. The fourth-order valence-electron chi connectivity index (χ4n) is 2.73.